The highest BCUT2D eigenvalue weighted by molar-refractivity contribution is 5.85. The smallest absolute Gasteiger partial charge is 0.160 e. The van der Waals surface area contributed by atoms with Gasteiger partial charge in [0.25, 0.3) is 0 Å². The minimum atomic E-state index is 0. The van der Waals surface area contributed by atoms with Gasteiger partial charge < -0.3 is 15.2 Å². The summed E-state index contributed by atoms with van der Waals surface area (Å²) in [5, 5.41) is 0. The monoisotopic (exact) mass is 231 g/mol. The number of methoxy groups -OCH3 is 2. The molecule has 3 nitrogen and oxygen atoms in total. The van der Waals surface area contributed by atoms with Gasteiger partial charge in [0.2, 0.25) is 0 Å². The molecule has 0 aliphatic carbocycles. The van der Waals surface area contributed by atoms with Gasteiger partial charge in [0.05, 0.1) is 14.2 Å². The molecule has 86 valence electrons. The van der Waals surface area contributed by atoms with E-state index in [1.54, 1.807) is 14.2 Å². The van der Waals surface area contributed by atoms with Gasteiger partial charge in [-0.1, -0.05) is 6.07 Å². The molecular formula is C11H18ClNO2. The summed E-state index contributed by atoms with van der Waals surface area (Å²) < 4.78 is 10.3. The molecule has 15 heavy (non-hydrogen) atoms. The largest absolute Gasteiger partial charge is 0.493 e. The molecule has 1 atom stereocenters. The molecule has 1 aromatic carbocycles. The molecule has 0 heterocycles. The van der Waals surface area contributed by atoms with Crippen LogP contribution in [0.1, 0.15) is 12.5 Å². The van der Waals surface area contributed by atoms with Gasteiger partial charge in [-0.05, 0) is 31.0 Å². The summed E-state index contributed by atoms with van der Waals surface area (Å²) in [7, 11) is 3.26. The van der Waals surface area contributed by atoms with Crippen molar-refractivity contribution in [3.63, 3.8) is 0 Å². The molecular weight excluding hydrogens is 214 g/mol. The maximum absolute atomic E-state index is 5.71. The van der Waals surface area contributed by atoms with Crippen molar-refractivity contribution in [2.24, 2.45) is 5.73 Å². The Morgan fingerprint density at radius 1 is 1.20 bits per heavy atom. The zero-order valence-corrected chi connectivity index (χ0v) is 10.1. The van der Waals surface area contributed by atoms with E-state index in [1.165, 1.54) is 0 Å². The Hall–Kier alpha value is -0.930. The number of hydrogen-bond donors (Lipinski definition) is 1. The van der Waals surface area contributed by atoms with Crippen LogP contribution < -0.4 is 15.2 Å². The number of ether oxygens (including phenoxy) is 2. The van der Waals surface area contributed by atoms with E-state index in [0.29, 0.717) is 0 Å². The Labute approximate surface area is 97.0 Å². The zero-order valence-electron chi connectivity index (χ0n) is 9.32. The van der Waals surface area contributed by atoms with Gasteiger partial charge in [-0.15, -0.1) is 12.4 Å². The fourth-order valence-electron chi connectivity index (χ4n) is 1.38. The van der Waals surface area contributed by atoms with E-state index in [-0.39, 0.29) is 18.4 Å². The first-order valence-electron chi connectivity index (χ1n) is 4.64. The standard InChI is InChI=1S/C11H17NO2.ClH/c1-8(12)6-9-4-5-10(13-2)11(7-9)14-3;/h4-5,7-8H,6,12H2,1-3H3;1H/t8-;/m1./s1. The van der Waals surface area contributed by atoms with E-state index in [4.69, 9.17) is 15.2 Å². The average Bonchev–Trinajstić information content (AvgIpc) is 2.16. The third-order valence-corrected chi connectivity index (χ3v) is 2.01. The van der Waals surface area contributed by atoms with Gasteiger partial charge in [-0.25, -0.2) is 0 Å². The minimum absolute atomic E-state index is 0. The highest BCUT2D eigenvalue weighted by Crippen LogP contribution is 2.27. The summed E-state index contributed by atoms with van der Waals surface area (Å²) in [5.41, 5.74) is 6.88. The van der Waals surface area contributed by atoms with Gasteiger partial charge in [-0.2, -0.15) is 0 Å². The van der Waals surface area contributed by atoms with E-state index in [2.05, 4.69) is 0 Å². The Morgan fingerprint density at radius 3 is 2.27 bits per heavy atom. The number of halogens is 1. The van der Waals surface area contributed by atoms with Crippen LogP contribution in [0.5, 0.6) is 11.5 Å². The lowest BCUT2D eigenvalue weighted by molar-refractivity contribution is 0.354. The van der Waals surface area contributed by atoms with Crippen molar-refractivity contribution in [3.05, 3.63) is 23.8 Å². The topological polar surface area (TPSA) is 44.5 Å². The predicted octanol–water partition coefficient (Wildman–Crippen LogP) is 2.02. The molecule has 0 fully saturated rings. The van der Waals surface area contributed by atoms with Gasteiger partial charge in [0, 0.05) is 6.04 Å². The van der Waals surface area contributed by atoms with Crippen molar-refractivity contribution < 1.29 is 9.47 Å². The molecule has 0 radical (unpaired) electrons. The van der Waals surface area contributed by atoms with Crippen LogP contribution >= 0.6 is 12.4 Å². The van der Waals surface area contributed by atoms with E-state index in [1.807, 2.05) is 25.1 Å². The quantitative estimate of drug-likeness (QED) is 0.862. The van der Waals surface area contributed by atoms with Crippen molar-refractivity contribution in [1.29, 1.82) is 0 Å². The second kappa shape index (κ2) is 6.53. The normalized spacial score (nSPS) is 11.5. The molecule has 0 aliphatic heterocycles. The lowest BCUT2D eigenvalue weighted by Crippen LogP contribution is -2.17. The Bertz CT molecular complexity index is 303. The summed E-state index contributed by atoms with van der Waals surface area (Å²) in [6.45, 7) is 1.98. The number of rotatable bonds is 4. The highest BCUT2D eigenvalue weighted by Gasteiger charge is 2.05. The maximum atomic E-state index is 5.71. The van der Waals surface area contributed by atoms with Crippen molar-refractivity contribution >= 4 is 12.4 Å². The van der Waals surface area contributed by atoms with E-state index in [0.717, 1.165) is 23.5 Å². The minimum Gasteiger partial charge on any atom is -0.493 e. The molecule has 0 bridgehead atoms. The van der Waals surface area contributed by atoms with E-state index < -0.39 is 0 Å². The SMILES string of the molecule is COc1ccc(C[C@@H](C)N)cc1OC.Cl. The summed E-state index contributed by atoms with van der Waals surface area (Å²) in [6.07, 6.45) is 0.848. The number of nitrogens with two attached hydrogens (primary N) is 1. The maximum Gasteiger partial charge on any atom is 0.160 e. The van der Waals surface area contributed by atoms with Crippen LogP contribution in [0.15, 0.2) is 18.2 Å². The second-order valence-corrected chi connectivity index (χ2v) is 3.37. The first-order valence-corrected chi connectivity index (χ1v) is 4.64. The summed E-state index contributed by atoms with van der Waals surface area (Å²) in [5.74, 6) is 1.51. The summed E-state index contributed by atoms with van der Waals surface area (Å²) in [6, 6.07) is 6.02. The van der Waals surface area contributed by atoms with Crippen LogP contribution in [0.2, 0.25) is 0 Å². The third kappa shape index (κ3) is 3.98. The highest BCUT2D eigenvalue weighted by atomic mass is 35.5. The van der Waals surface area contributed by atoms with Crippen LogP contribution in [0.4, 0.5) is 0 Å². The molecule has 0 saturated carbocycles. The van der Waals surface area contributed by atoms with Gasteiger partial charge in [0.15, 0.2) is 11.5 Å². The summed E-state index contributed by atoms with van der Waals surface area (Å²) in [4.78, 5) is 0. The first-order chi connectivity index (χ1) is 6.67. The Balaban J connectivity index is 0.00000196. The van der Waals surface area contributed by atoms with Gasteiger partial charge >= 0.3 is 0 Å². The molecule has 0 unspecified atom stereocenters. The second-order valence-electron chi connectivity index (χ2n) is 3.37. The number of benzene rings is 1. The van der Waals surface area contributed by atoms with Crippen molar-refractivity contribution in [1.82, 2.24) is 0 Å². The summed E-state index contributed by atoms with van der Waals surface area (Å²) >= 11 is 0. The molecule has 0 aliphatic rings. The van der Waals surface area contributed by atoms with Gasteiger partial charge in [-0.3, -0.25) is 0 Å². The molecule has 1 rings (SSSR count). The predicted molar refractivity (Wildman–Crippen MR) is 64.1 cm³/mol. The van der Waals surface area contributed by atoms with Crippen LogP contribution in [0.25, 0.3) is 0 Å². The van der Waals surface area contributed by atoms with Crippen LogP contribution in [0, 0.1) is 0 Å². The van der Waals surface area contributed by atoms with Crippen LogP contribution in [-0.4, -0.2) is 20.3 Å². The van der Waals surface area contributed by atoms with E-state index in [9.17, 15) is 0 Å². The van der Waals surface area contributed by atoms with Crippen molar-refractivity contribution in [3.8, 4) is 11.5 Å². The van der Waals surface area contributed by atoms with Gasteiger partial charge in [0.1, 0.15) is 0 Å². The fraction of sp³-hybridized carbons (Fsp3) is 0.455. The van der Waals surface area contributed by atoms with Crippen LogP contribution in [-0.2, 0) is 6.42 Å². The molecule has 0 saturated heterocycles. The van der Waals surface area contributed by atoms with E-state index >= 15 is 0 Å². The van der Waals surface area contributed by atoms with Crippen molar-refractivity contribution in [2.45, 2.75) is 19.4 Å². The zero-order chi connectivity index (χ0) is 10.6. The number of hydrogen-bond acceptors (Lipinski definition) is 3. The van der Waals surface area contributed by atoms with Crippen molar-refractivity contribution in [2.75, 3.05) is 14.2 Å². The molecule has 0 aromatic heterocycles. The fourth-order valence-corrected chi connectivity index (χ4v) is 1.38. The Morgan fingerprint density at radius 2 is 1.80 bits per heavy atom. The molecule has 2 N–H and O–H groups in total. The third-order valence-electron chi connectivity index (χ3n) is 2.01. The Kier molecular flexibility index (Phi) is 6.13. The lowest BCUT2D eigenvalue weighted by Gasteiger charge is -2.10. The first kappa shape index (κ1) is 14.1. The molecule has 4 heteroatoms. The average molecular weight is 232 g/mol. The lowest BCUT2D eigenvalue weighted by atomic mass is 10.1. The van der Waals surface area contributed by atoms with Crippen LogP contribution in [0.3, 0.4) is 0 Å². The molecule has 0 spiro atoms. The molecule has 0 amide bonds. The molecule has 1 aromatic rings.